The van der Waals surface area contributed by atoms with E-state index in [0.717, 1.165) is 5.56 Å². The molecule has 1 aliphatic heterocycles. The van der Waals surface area contributed by atoms with Gasteiger partial charge in [-0.05, 0) is 12.5 Å². The quantitative estimate of drug-likeness (QED) is 0.843. The van der Waals surface area contributed by atoms with Crippen molar-refractivity contribution < 1.29 is 9.59 Å². The minimum Gasteiger partial charge on any atom is -0.334 e. The molecule has 1 aromatic carbocycles. The number of rotatable bonds is 3. The van der Waals surface area contributed by atoms with Gasteiger partial charge in [-0.15, -0.1) is 0 Å². The van der Waals surface area contributed by atoms with Crippen LogP contribution in [0.3, 0.4) is 0 Å². The third-order valence-corrected chi connectivity index (χ3v) is 3.64. The first-order chi connectivity index (χ1) is 9.50. The molecule has 1 unspecified atom stereocenters. The summed E-state index contributed by atoms with van der Waals surface area (Å²) in [6.07, 6.45) is 0.752. The van der Waals surface area contributed by atoms with Gasteiger partial charge < -0.3 is 4.90 Å². The number of hydrogen-bond acceptors (Lipinski definition) is 3. The highest BCUT2D eigenvalue weighted by Crippen LogP contribution is 2.20. The van der Waals surface area contributed by atoms with Gasteiger partial charge in [-0.3, -0.25) is 9.59 Å². The number of nitrogens with zero attached hydrogens (tertiary/aromatic N) is 3. The maximum Gasteiger partial charge on any atom is 0.270 e. The Morgan fingerprint density at radius 1 is 1.30 bits per heavy atom. The van der Waals surface area contributed by atoms with Crippen LogP contribution in [0.25, 0.3) is 0 Å². The molecule has 2 amide bonds. The van der Waals surface area contributed by atoms with Gasteiger partial charge in [-0.25, -0.2) is 5.01 Å². The zero-order valence-electron chi connectivity index (χ0n) is 12.0. The molecule has 0 fully saturated rings. The second kappa shape index (κ2) is 5.86. The first-order valence-corrected chi connectivity index (χ1v) is 6.67. The molecule has 0 bridgehead atoms. The molecule has 1 aliphatic rings. The van der Waals surface area contributed by atoms with E-state index in [1.807, 2.05) is 37.3 Å². The molecule has 0 saturated heterocycles. The first kappa shape index (κ1) is 14.2. The third-order valence-electron chi connectivity index (χ3n) is 3.64. The molecule has 1 atom stereocenters. The Bertz CT molecular complexity index is 539. The Kier molecular flexibility index (Phi) is 4.17. The fraction of sp³-hybridized carbons (Fsp3) is 0.400. The van der Waals surface area contributed by atoms with Crippen molar-refractivity contribution in [1.82, 2.24) is 9.91 Å². The minimum atomic E-state index is -0.124. The van der Waals surface area contributed by atoms with Crippen LogP contribution in [0.1, 0.15) is 31.4 Å². The lowest BCUT2D eigenvalue weighted by atomic mass is 10.1. The first-order valence-electron chi connectivity index (χ1n) is 6.67. The van der Waals surface area contributed by atoms with Gasteiger partial charge in [-0.2, -0.15) is 5.10 Å². The summed E-state index contributed by atoms with van der Waals surface area (Å²) in [6, 6.07) is 9.81. The molecule has 5 nitrogen and oxygen atoms in total. The van der Waals surface area contributed by atoms with Gasteiger partial charge in [0.05, 0.1) is 6.04 Å². The van der Waals surface area contributed by atoms with E-state index in [9.17, 15) is 9.59 Å². The zero-order chi connectivity index (χ0) is 14.7. The number of benzene rings is 1. The monoisotopic (exact) mass is 273 g/mol. The van der Waals surface area contributed by atoms with Crippen molar-refractivity contribution in [2.75, 3.05) is 14.1 Å². The molecule has 0 N–H and O–H groups in total. The highest BCUT2D eigenvalue weighted by atomic mass is 16.2. The number of hydrazone groups is 1. The molecule has 0 aromatic heterocycles. The largest absolute Gasteiger partial charge is 0.334 e. The van der Waals surface area contributed by atoms with Gasteiger partial charge in [0.25, 0.3) is 5.91 Å². The Labute approximate surface area is 118 Å². The van der Waals surface area contributed by atoms with Crippen LogP contribution < -0.4 is 0 Å². The van der Waals surface area contributed by atoms with Crippen LogP contribution in [0.2, 0.25) is 0 Å². The van der Waals surface area contributed by atoms with Gasteiger partial charge >= 0.3 is 0 Å². The van der Waals surface area contributed by atoms with Gasteiger partial charge in [0.1, 0.15) is 5.71 Å². The summed E-state index contributed by atoms with van der Waals surface area (Å²) in [4.78, 5) is 25.5. The summed E-state index contributed by atoms with van der Waals surface area (Å²) in [5.41, 5.74) is 1.52. The zero-order valence-corrected chi connectivity index (χ0v) is 12.0. The van der Waals surface area contributed by atoms with Crippen LogP contribution in [0.4, 0.5) is 0 Å². The molecule has 2 rings (SSSR count). The SMILES string of the molecule is CC(c1ccccc1)N(C)C(=O)C1=NN(C)C(=O)CC1. The molecule has 106 valence electrons. The lowest BCUT2D eigenvalue weighted by Crippen LogP contribution is -2.39. The smallest absolute Gasteiger partial charge is 0.270 e. The van der Waals surface area contributed by atoms with Crippen LogP contribution in [-0.2, 0) is 9.59 Å². The predicted octanol–water partition coefficient (Wildman–Crippen LogP) is 1.81. The van der Waals surface area contributed by atoms with E-state index in [1.165, 1.54) is 5.01 Å². The van der Waals surface area contributed by atoms with E-state index in [2.05, 4.69) is 5.10 Å². The van der Waals surface area contributed by atoms with Crippen molar-refractivity contribution in [2.45, 2.75) is 25.8 Å². The minimum absolute atomic E-state index is 0.0330. The van der Waals surface area contributed by atoms with E-state index in [0.29, 0.717) is 18.6 Å². The Morgan fingerprint density at radius 3 is 2.55 bits per heavy atom. The molecule has 0 saturated carbocycles. The third kappa shape index (κ3) is 2.87. The van der Waals surface area contributed by atoms with Crippen LogP contribution in [0.15, 0.2) is 35.4 Å². The van der Waals surface area contributed by atoms with Crippen LogP contribution in [0.5, 0.6) is 0 Å². The summed E-state index contributed by atoms with van der Waals surface area (Å²) in [6.45, 7) is 1.98. The summed E-state index contributed by atoms with van der Waals surface area (Å²) >= 11 is 0. The van der Waals surface area contributed by atoms with Gasteiger partial charge in [0.2, 0.25) is 5.91 Å². The second-order valence-electron chi connectivity index (χ2n) is 4.97. The number of carbonyl (C=O) groups excluding carboxylic acids is 2. The maximum atomic E-state index is 12.4. The Balaban J connectivity index is 2.13. The highest BCUT2D eigenvalue weighted by Gasteiger charge is 2.26. The van der Waals surface area contributed by atoms with Crippen molar-refractivity contribution >= 4 is 17.5 Å². The molecule has 0 aliphatic carbocycles. The summed E-state index contributed by atoms with van der Waals surface area (Å²) in [5.74, 6) is -0.180. The van der Waals surface area contributed by atoms with E-state index in [4.69, 9.17) is 0 Å². The topological polar surface area (TPSA) is 53.0 Å². The number of carbonyl (C=O) groups is 2. The van der Waals surface area contributed by atoms with Crippen LogP contribution >= 0.6 is 0 Å². The van der Waals surface area contributed by atoms with E-state index >= 15 is 0 Å². The van der Waals surface area contributed by atoms with Gasteiger partial charge in [0.15, 0.2) is 0 Å². The van der Waals surface area contributed by atoms with E-state index < -0.39 is 0 Å². The number of hydrogen-bond donors (Lipinski definition) is 0. The number of amides is 2. The second-order valence-corrected chi connectivity index (χ2v) is 4.97. The van der Waals surface area contributed by atoms with Crippen LogP contribution in [0, 0.1) is 0 Å². The van der Waals surface area contributed by atoms with Gasteiger partial charge in [0, 0.05) is 26.9 Å². The van der Waals surface area contributed by atoms with Crippen LogP contribution in [-0.4, -0.2) is 41.5 Å². The summed E-state index contributed by atoms with van der Waals surface area (Å²) < 4.78 is 0. The molecule has 0 spiro atoms. The van der Waals surface area contributed by atoms with Crippen molar-refractivity contribution in [3.63, 3.8) is 0 Å². The highest BCUT2D eigenvalue weighted by molar-refractivity contribution is 6.39. The van der Waals surface area contributed by atoms with Crippen molar-refractivity contribution in [3.05, 3.63) is 35.9 Å². The Morgan fingerprint density at radius 2 is 1.95 bits per heavy atom. The standard InChI is InChI=1S/C15H19N3O2/c1-11(12-7-5-4-6-8-12)17(2)15(20)13-9-10-14(19)18(3)16-13/h4-8,11H,9-10H2,1-3H3. The average molecular weight is 273 g/mol. The fourth-order valence-electron chi connectivity index (χ4n) is 2.16. The van der Waals surface area contributed by atoms with Gasteiger partial charge in [-0.1, -0.05) is 30.3 Å². The molecule has 20 heavy (non-hydrogen) atoms. The fourth-order valence-corrected chi connectivity index (χ4v) is 2.16. The summed E-state index contributed by atoms with van der Waals surface area (Å²) in [5, 5.41) is 5.32. The molecule has 0 radical (unpaired) electrons. The molecular formula is C15H19N3O2. The van der Waals surface area contributed by atoms with Crippen molar-refractivity contribution in [1.29, 1.82) is 0 Å². The lowest BCUT2D eigenvalue weighted by Gasteiger charge is -2.27. The van der Waals surface area contributed by atoms with Crippen molar-refractivity contribution in [2.24, 2.45) is 5.10 Å². The molecular weight excluding hydrogens is 254 g/mol. The van der Waals surface area contributed by atoms with E-state index in [-0.39, 0.29) is 17.9 Å². The predicted molar refractivity (Wildman–Crippen MR) is 77.1 cm³/mol. The van der Waals surface area contributed by atoms with E-state index in [1.54, 1.807) is 19.0 Å². The maximum absolute atomic E-state index is 12.4. The lowest BCUT2D eigenvalue weighted by molar-refractivity contribution is -0.130. The van der Waals surface area contributed by atoms with Crippen molar-refractivity contribution in [3.8, 4) is 0 Å². The Hall–Kier alpha value is -2.17. The molecule has 5 heteroatoms. The summed E-state index contributed by atoms with van der Waals surface area (Å²) in [7, 11) is 3.34. The molecule has 1 aromatic rings. The average Bonchev–Trinajstić information content (AvgIpc) is 2.48. The normalized spacial score (nSPS) is 16.6. The molecule has 1 heterocycles.